The summed E-state index contributed by atoms with van der Waals surface area (Å²) >= 11 is 1.59. The number of thioether (sulfide) groups is 1. The Bertz CT molecular complexity index is 633. The zero-order valence-corrected chi connectivity index (χ0v) is 11.1. The van der Waals surface area contributed by atoms with Gasteiger partial charge in [-0.05, 0) is 0 Å². The summed E-state index contributed by atoms with van der Waals surface area (Å²) in [5, 5.41) is 9.13. The third kappa shape index (κ3) is 2.53. The summed E-state index contributed by atoms with van der Waals surface area (Å²) < 4.78 is 5.35. The van der Waals surface area contributed by atoms with E-state index in [9.17, 15) is 0 Å². The smallest absolute Gasteiger partial charge is 0.184 e. The summed E-state index contributed by atoms with van der Waals surface area (Å²) in [6.45, 7) is 0. The van der Waals surface area contributed by atoms with Crippen LogP contribution in [0.2, 0.25) is 0 Å². The number of hydrogen-bond acceptors (Lipinski definition) is 5. The monoisotopic (exact) mass is 272 g/mol. The summed E-state index contributed by atoms with van der Waals surface area (Å²) in [7, 11) is 1.73. The SMILES string of the molecule is CN=C1NN=C(c2cc(-c3ccccc3)no2)CS1. The number of amidine groups is 1. The van der Waals surface area contributed by atoms with E-state index in [0.717, 1.165) is 27.9 Å². The topological polar surface area (TPSA) is 62.8 Å². The van der Waals surface area contributed by atoms with Crippen LogP contribution in [0.15, 0.2) is 51.0 Å². The van der Waals surface area contributed by atoms with Gasteiger partial charge in [-0.25, -0.2) is 0 Å². The van der Waals surface area contributed by atoms with Crippen molar-refractivity contribution in [2.24, 2.45) is 10.1 Å². The van der Waals surface area contributed by atoms with Crippen LogP contribution in [-0.2, 0) is 0 Å². The van der Waals surface area contributed by atoms with Crippen LogP contribution >= 0.6 is 11.8 Å². The molecule has 0 spiro atoms. The highest BCUT2D eigenvalue weighted by Gasteiger charge is 2.17. The van der Waals surface area contributed by atoms with Gasteiger partial charge >= 0.3 is 0 Å². The first-order valence-electron chi connectivity index (χ1n) is 5.81. The number of aliphatic imine (C=N–C) groups is 1. The average molecular weight is 272 g/mol. The van der Waals surface area contributed by atoms with Crippen molar-refractivity contribution in [1.29, 1.82) is 0 Å². The molecule has 1 aromatic heterocycles. The lowest BCUT2D eigenvalue weighted by Gasteiger charge is -2.11. The van der Waals surface area contributed by atoms with Crippen molar-refractivity contribution < 1.29 is 4.52 Å². The number of rotatable bonds is 2. The Kier molecular flexibility index (Phi) is 3.33. The molecule has 0 radical (unpaired) electrons. The molecule has 96 valence electrons. The number of aromatic nitrogens is 1. The number of hydrogen-bond donors (Lipinski definition) is 1. The molecule has 0 saturated carbocycles. The van der Waals surface area contributed by atoms with E-state index in [0.29, 0.717) is 5.76 Å². The Hall–Kier alpha value is -2.08. The van der Waals surface area contributed by atoms with E-state index in [1.807, 2.05) is 36.4 Å². The lowest BCUT2D eigenvalue weighted by molar-refractivity contribution is 0.415. The van der Waals surface area contributed by atoms with Crippen LogP contribution in [0, 0.1) is 0 Å². The largest absolute Gasteiger partial charge is 0.354 e. The van der Waals surface area contributed by atoms with E-state index in [2.05, 4.69) is 20.7 Å². The first-order valence-corrected chi connectivity index (χ1v) is 6.80. The van der Waals surface area contributed by atoms with Gasteiger partial charge in [0.1, 0.15) is 11.4 Å². The fourth-order valence-corrected chi connectivity index (χ4v) is 2.43. The second-order valence-corrected chi connectivity index (χ2v) is 4.89. The first-order chi connectivity index (χ1) is 9.36. The lowest BCUT2D eigenvalue weighted by Crippen LogP contribution is -2.24. The van der Waals surface area contributed by atoms with Crippen molar-refractivity contribution in [3.8, 4) is 11.3 Å². The molecule has 0 bridgehead atoms. The summed E-state index contributed by atoms with van der Waals surface area (Å²) in [6, 6.07) is 11.8. The van der Waals surface area contributed by atoms with E-state index in [1.165, 1.54) is 0 Å². The second kappa shape index (κ2) is 5.27. The minimum atomic E-state index is 0.689. The second-order valence-electron chi connectivity index (χ2n) is 3.93. The Morgan fingerprint density at radius 3 is 2.84 bits per heavy atom. The van der Waals surface area contributed by atoms with Crippen LogP contribution in [0.1, 0.15) is 5.76 Å². The highest BCUT2D eigenvalue weighted by molar-refractivity contribution is 8.14. The van der Waals surface area contributed by atoms with Crippen molar-refractivity contribution in [3.05, 3.63) is 42.2 Å². The number of nitrogens with zero attached hydrogens (tertiary/aromatic N) is 3. The van der Waals surface area contributed by atoms with E-state index in [1.54, 1.807) is 18.8 Å². The molecule has 3 rings (SSSR count). The highest BCUT2D eigenvalue weighted by Crippen LogP contribution is 2.21. The van der Waals surface area contributed by atoms with Gasteiger partial charge in [0, 0.05) is 24.4 Å². The predicted octanol–water partition coefficient (Wildman–Crippen LogP) is 2.37. The maximum absolute atomic E-state index is 5.35. The van der Waals surface area contributed by atoms with Crippen LogP contribution in [0.25, 0.3) is 11.3 Å². The lowest BCUT2D eigenvalue weighted by atomic mass is 10.1. The molecule has 1 aliphatic rings. The number of hydrazone groups is 1. The van der Waals surface area contributed by atoms with E-state index >= 15 is 0 Å². The first kappa shape index (κ1) is 12.0. The summed E-state index contributed by atoms with van der Waals surface area (Å²) in [4.78, 5) is 4.04. The predicted molar refractivity (Wildman–Crippen MR) is 77.4 cm³/mol. The molecular weight excluding hydrogens is 260 g/mol. The van der Waals surface area contributed by atoms with Crippen LogP contribution in [-0.4, -0.2) is 28.8 Å². The van der Waals surface area contributed by atoms with Gasteiger partial charge in [-0.1, -0.05) is 47.3 Å². The molecule has 0 atom stereocenters. The maximum Gasteiger partial charge on any atom is 0.184 e. The molecule has 2 heterocycles. The number of benzene rings is 1. The van der Waals surface area contributed by atoms with Gasteiger partial charge in [0.25, 0.3) is 0 Å². The van der Waals surface area contributed by atoms with Gasteiger partial charge in [-0.3, -0.25) is 10.4 Å². The molecule has 5 nitrogen and oxygen atoms in total. The van der Waals surface area contributed by atoms with Crippen LogP contribution in [0.3, 0.4) is 0 Å². The van der Waals surface area contributed by atoms with Gasteiger partial charge in [-0.2, -0.15) is 5.10 Å². The number of nitrogens with one attached hydrogen (secondary N) is 1. The molecule has 19 heavy (non-hydrogen) atoms. The summed E-state index contributed by atoms with van der Waals surface area (Å²) in [5.41, 5.74) is 5.57. The average Bonchev–Trinajstić information content (AvgIpc) is 2.98. The zero-order valence-electron chi connectivity index (χ0n) is 10.3. The third-order valence-electron chi connectivity index (χ3n) is 2.70. The molecule has 1 N–H and O–H groups in total. The van der Waals surface area contributed by atoms with E-state index in [4.69, 9.17) is 4.52 Å². The van der Waals surface area contributed by atoms with Crippen molar-refractivity contribution in [1.82, 2.24) is 10.6 Å². The molecule has 1 aliphatic heterocycles. The van der Waals surface area contributed by atoms with Gasteiger partial charge in [0.05, 0.1) is 0 Å². The summed E-state index contributed by atoms with van der Waals surface area (Å²) in [5.74, 6) is 1.41. The summed E-state index contributed by atoms with van der Waals surface area (Å²) in [6.07, 6.45) is 0. The maximum atomic E-state index is 5.35. The van der Waals surface area contributed by atoms with Gasteiger partial charge in [-0.15, -0.1) is 0 Å². The molecule has 0 amide bonds. The van der Waals surface area contributed by atoms with Crippen molar-refractivity contribution in [2.75, 3.05) is 12.8 Å². The normalized spacial score (nSPS) is 17.1. The van der Waals surface area contributed by atoms with Crippen LogP contribution in [0.4, 0.5) is 0 Å². The molecule has 1 aromatic carbocycles. The molecule has 0 fully saturated rings. The molecule has 0 saturated heterocycles. The van der Waals surface area contributed by atoms with Crippen LogP contribution in [0.5, 0.6) is 0 Å². The quantitative estimate of drug-likeness (QED) is 0.911. The Balaban J connectivity index is 1.85. The van der Waals surface area contributed by atoms with E-state index < -0.39 is 0 Å². The molecule has 0 unspecified atom stereocenters. The van der Waals surface area contributed by atoms with Crippen molar-refractivity contribution >= 4 is 22.6 Å². The minimum Gasteiger partial charge on any atom is -0.354 e. The fraction of sp³-hybridized carbons (Fsp3) is 0.154. The minimum absolute atomic E-state index is 0.689. The Morgan fingerprint density at radius 1 is 1.32 bits per heavy atom. The van der Waals surface area contributed by atoms with E-state index in [-0.39, 0.29) is 0 Å². The molecule has 0 aliphatic carbocycles. The van der Waals surface area contributed by atoms with Crippen LogP contribution < -0.4 is 5.43 Å². The van der Waals surface area contributed by atoms with Crippen molar-refractivity contribution in [3.63, 3.8) is 0 Å². The fourth-order valence-electron chi connectivity index (χ4n) is 1.71. The standard InChI is InChI=1S/C13H12N4OS/c1-14-13-16-15-11(8-19-13)12-7-10(17-18-12)9-5-3-2-4-6-9/h2-7H,8H2,1H3,(H,14,16). The van der Waals surface area contributed by atoms with Crippen molar-refractivity contribution in [2.45, 2.75) is 0 Å². The highest BCUT2D eigenvalue weighted by atomic mass is 32.2. The zero-order chi connectivity index (χ0) is 13.1. The van der Waals surface area contributed by atoms with Gasteiger partial charge in [0.15, 0.2) is 10.9 Å². The molecular formula is C13H12N4OS. The molecule has 6 heteroatoms. The molecule has 2 aromatic rings. The Labute approximate surface area is 114 Å². The third-order valence-corrected chi connectivity index (χ3v) is 3.66. The van der Waals surface area contributed by atoms with Gasteiger partial charge in [0.2, 0.25) is 0 Å². The Morgan fingerprint density at radius 2 is 2.16 bits per heavy atom. The van der Waals surface area contributed by atoms with Gasteiger partial charge < -0.3 is 4.52 Å².